The Morgan fingerprint density at radius 2 is 2.06 bits per heavy atom. The van der Waals surface area contributed by atoms with E-state index in [9.17, 15) is 18.0 Å². The normalized spacial score (nSPS) is 10.7. The Bertz CT molecular complexity index is 512. The molecule has 0 spiro atoms. The molecule has 1 rings (SSSR count). The number of rotatable bonds is 2. The van der Waals surface area contributed by atoms with Crippen LogP contribution in [-0.4, -0.2) is 16.4 Å². The van der Waals surface area contributed by atoms with Gasteiger partial charge in [-0.05, 0) is 18.2 Å². The van der Waals surface area contributed by atoms with Gasteiger partial charge in [0.05, 0.1) is 11.1 Å². The first-order chi connectivity index (χ1) is 8.36. The van der Waals surface area contributed by atoms with Gasteiger partial charge in [-0.15, -0.1) is 0 Å². The van der Waals surface area contributed by atoms with Gasteiger partial charge in [-0.1, -0.05) is 27.8 Å². The first-order valence-corrected chi connectivity index (χ1v) is 5.97. The molecule has 0 aliphatic rings. The zero-order chi connectivity index (χ0) is 13.8. The largest absolute Gasteiger partial charge is 0.478 e. The smallest absolute Gasteiger partial charge is 0.417 e. The molecule has 18 heavy (non-hydrogen) atoms. The van der Waals surface area contributed by atoms with Crippen LogP contribution in [0.4, 0.5) is 13.2 Å². The van der Waals surface area contributed by atoms with Gasteiger partial charge < -0.3 is 5.11 Å². The second-order valence-electron chi connectivity index (χ2n) is 3.30. The fourth-order valence-electron chi connectivity index (χ4n) is 1.23. The van der Waals surface area contributed by atoms with Gasteiger partial charge in [-0.25, -0.2) is 4.79 Å². The minimum absolute atomic E-state index is 0.214. The Labute approximate surface area is 110 Å². The van der Waals surface area contributed by atoms with Crippen LogP contribution in [0.25, 0.3) is 0 Å². The van der Waals surface area contributed by atoms with E-state index in [1.54, 1.807) is 0 Å². The number of carboxylic acid groups (broad SMARTS) is 1. The van der Waals surface area contributed by atoms with E-state index in [4.69, 9.17) is 5.11 Å². The summed E-state index contributed by atoms with van der Waals surface area (Å²) in [6, 6.07) is 2.78. The zero-order valence-electron chi connectivity index (χ0n) is 9.01. The Morgan fingerprint density at radius 3 is 2.56 bits per heavy atom. The predicted molar refractivity (Wildman–Crippen MR) is 63.7 cm³/mol. The van der Waals surface area contributed by atoms with Crippen LogP contribution >= 0.6 is 15.9 Å². The highest BCUT2D eigenvalue weighted by molar-refractivity contribution is 9.09. The molecule has 0 bridgehead atoms. The molecular weight excluding hydrogens is 313 g/mol. The Balaban J connectivity index is 3.27. The maximum absolute atomic E-state index is 12.7. The third kappa shape index (κ3) is 3.77. The molecule has 0 heterocycles. The van der Waals surface area contributed by atoms with Gasteiger partial charge in [0.25, 0.3) is 0 Å². The van der Waals surface area contributed by atoms with Crippen LogP contribution in [0.15, 0.2) is 18.2 Å². The molecule has 6 heteroatoms. The summed E-state index contributed by atoms with van der Waals surface area (Å²) < 4.78 is 38.2. The molecule has 96 valence electrons. The molecule has 0 saturated carbocycles. The average Bonchev–Trinajstić information content (AvgIpc) is 2.28. The second kappa shape index (κ2) is 5.91. The fraction of sp³-hybridized carbons (Fsp3) is 0.250. The van der Waals surface area contributed by atoms with E-state index < -0.39 is 23.3 Å². The van der Waals surface area contributed by atoms with Crippen LogP contribution < -0.4 is 0 Å². The molecule has 0 fully saturated rings. The van der Waals surface area contributed by atoms with Gasteiger partial charge in [0.1, 0.15) is 0 Å². The third-order valence-corrected chi connectivity index (χ3v) is 2.41. The van der Waals surface area contributed by atoms with Gasteiger partial charge in [0.2, 0.25) is 0 Å². The summed E-state index contributed by atoms with van der Waals surface area (Å²) in [7, 11) is 0. The first kappa shape index (κ1) is 14.6. The lowest BCUT2D eigenvalue weighted by atomic mass is 10.0. The summed E-state index contributed by atoms with van der Waals surface area (Å²) >= 11 is 3.11. The summed E-state index contributed by atoms with van der Waals surface area (Å²) in [5.41, 5.74) is -1.65. The summed E-state index contributed by atoms with van der Waals surface area (Å²) in [5, 5.41) is 9.23. The molecule has 0 aliphatic carbocycles. The van der Waals surface area contributed by atoms with E-state index in [0.717, 1.165) is 12.1 Å². The topological polar surface area (TPSA) is 37.3 Å². The number of carbonyl (C=O) groups is 1. The van der Waals surface area contributed by atoms with Crippen molar-refractivity contribution in [1.82, 2.24) is 0 Å². The molecule has 2 nitrogen and oxygen atoms in total. The number of hydrogen-bond donors (Lipinski definition) is 1. The average molecular weight is 321 g/mol. The minimum atomic E-state index is -4.62. The summed E-state index contributed by atoms with van der Waals surface area (Å²) in [6.45, 7) is 0. The lowest BCUT2D eigenvalue weighted by Gasteiger charge is -2.09. The van der Waals surface area contributed by atoms with E-state index >= 15 is 0 Å². The van der Waals surface area contributed by atoms with Gasteiger partial charge in [0.15, 0.2) is 0 Å². The molecule has 0 amide bonds. The van der Waals surface area contributed by atoms with Crippen molar-refractivity contribution in [3.63, 3.8) is 0 Å². The van der Waals surface area contributed by atoms with Gasteiger partial charge >= 0.3 is 12.1 Å². The van der Waals surface area contributed by atoms with Crippen LogP contribution in [0.3, 0.4) is 0 Å². The molecule has 1 N–H and O–H groups in total. The van der Waals surface area contributed by atoms with E-state index in [-0.39, 0.29) is 5.56 Å². The third-order valence-electron chi connectivity index (χ3n) is 2.01. The van der Waals surface area contributed by atoms with Gasteiger partial charge in [-0.3, -0.25) is 0 Å². The Hall–Kier alpha value is -1.48. The van der Waals surface area contributed by atoms with Crippen molar-refractivity contribution in [3.8, 4) is 11.8 Å². The minimum Gasteiger partial charge on any atom is -0.478 e. The number of benzene rings is 1. The predicted octanol–water partition coefficient (Wildman–Crippen LogP) is 3.54. The van der Waals surface area contributed by atoms with Crippen LogP contribution in [0.1, 0.15) is 27.9 Å². The van der Waals surface area contributed by atoms with E-state index in [0.29, 0.717) is 17.8 Å². The molecule has 0 unspecified atom stereocenters. The van der Waals surface area contributed by atoms with Crippen molar-refractivity contribution >= 4 is 21.9 Å². The molecule has 0 aliphatic heterocycles. The van der Waals surface area contributed by atoms with Crippen molar-refractivity contribution in [3.05, 3.63) is 34.9 Å². The second-order valence-corrected chi connectivity index (χ2v) is 4.10. The SMILES string of the molecule is O=C(O)c1ccc(C#CCCBr)c(C(F)(F)F)c1. The number of carboxylic acids is 1. The Kier molecular flexibility index (Phi) is 4.79. The molecule has 0 aromatic heterocycles. The fourth-order valence-corrected chi connectivity index (χ4v) is 1.42. The van der Waals surface area contributed by atoms with Gasteiger partial charge in [0, 0.05) is 17.3 Å². The van der Waals surface area contributed by atoms with Crippen molar-refractivity contribution in [2.75, 3.05) is 5.33 Å². The number of halogens is 4. The van der Waals surface area contributed by atoms with Crippen LogP contribution in [-0.2, 0) is 6.18 Å². The van der Waals surface area contributed by atoms with Crippen LogP contribution in [0.2, 0.25) is 0 Å². The molecule has 0 atom stereocenters. The monoisotopic (exact) mass is 320 g/mol. The summed E-state index contributed by atoms with van der Waals surface area (Å²) in [5.74, 6) is 3.56. The molecule has 1 aromatic rings. The van der Waals surface area contributed by atoms with Crippen LogP contribution in [0.5, 0.6) is 0 Å². The highest BCUT2D eigenvalue weighted by Crippen LogP contribution is 2.32. The highest BCUT2D eigenvalue weighted by atomic mass is 79.9. The number of alkyl halides is 4. The summed E-state index contributed by atoms with van der Waals surface area (Å²) in [6.07, 6.45) is -4.21. The molecular formula is C12H8BrF3O2. The Morgan fingerprint density at radius 1 is 1.39 bits per heavy atom. The van der Waals surface area contributed by atoms with E-state index in [2.05, 4.69) is 27.8 Å². The van der Waals surface area contributed by atoms with E-state index in [1.165, 1.54) is 0 Å². The zero-order valence-corrected chi connectivity index (χ0v) is 10.6. The lowest BCUT2D eigenvalue weighted by Crippen LogP contribution is -2.10. The van der Waals surface area contributed by atoms with Crippen LogP contribution in [0, 0.1) is 11.8 Å². The maximum Gasteiger partial charge on any atom is 0.417 e. The molecule has 0 saturated heterocycles. The quantitative estimate of drug-likeness (QED) is 0.668. The van der Waals surface area contributed by atoms with Crippen molar-refractivity contribution in [2.24, 2.45) is 0 Å². The standard InChI is InChI=1S/C12H8BrF3O2/c13-6-2-1-3-8-4-5-9(11(17)18)7-10(8)12(14,15)16/h4-5,7H,2,6H2,(H,17,18). The maximum atomic E-state index is 12.7. The number of aromatic carboxylic acids is 1. The highest BCUT2D eigenvalue weighted by Gasteiger charge is 2.33. The summed E-state index contributed by atoms with van der Waals surface area (Å²) in [4.78, 5) is 10.6. The molecule has 1 aromatic carbocycles. The number of hydrogen-bond acceptors (Lipinski definition) is 1. The molecule has 0 radical (unpaired) electrons. The first-order valence-electron chi connectivity index (χ1n) is 4.85. The van der Waals surface area contributed by atoms with Crippen molar-refractivity contribution in [1.29, 1.82) is 0 Å². The van der Waals surface area contributed by atoms with Gasteiger partial charge in [-0.2, -0.15) is 13.2 Å². The lowest BCUT2D eigenvalue weighted by molar-refractivity contribution is -0.137. The van der Waals surface area contributed by atoms with Crippen molar-refractivity contribution < 1.29 is 23.1 Å². The van der Waals surface area contributed by atoms with Crippen molar-refractivity contribution in [2.45, 2.75) is 12.6 Å². The van der Waals surface area contributed by atoms with E-state index in [1.807, 2.05) is 0 Å².